The molecule has 0 saturated heterocycles. The van der Waals surface area contributed by atoms with E-state index in [0.29, 0.717) is 42.1 Å². The molecular weight excluding hydrogens is 532 g/mol. The van der Waals surface area contributed by atoms with Crippen molar-refractivity contribution in [1.82, 2.24) is 0 Å². The van der Waals surface area contributed by atoms with Gasteiger partial charge in [0.05, 0.1) is 14.8 Å². The zero-order chi connectivity index (χ0) is 26.3. The van der Waals surface area contributed by atoms with E-state index in [4.69, 9.17) is 30.5 Å². The van der Waals surface area contributed by atoms with Gasteiger partial charge in [0.15, 0.2) is 34.6 Å². The Morgan fingerprint density at radius 2 is 1.22 bits per heavy atom. The van der Waals surface area contributed by atoms with Crippen molar-refractivity contribution >= 4 is 66.0 Å². The Morgan fingerprint density at radius 1 is 0.703 bits per heavy atom. The average Bonchev–Trinajstić information content (AvgIpc) is 3.45. The summed E-state index contributed by atoms with van der Waals surface area (Å²) in [4.78, 5) is 25.5. The Labute approximate surface area is 228 Å². The summed E-state index contributed by atoms with van der Waals surface area (Å²) in [5, 5.41) is 2.43. The van der Waals surface area contributed by atoms with E-state index >= 15 is 0 Å². The highest BCUT2D eigenvalue weighted by molar-refractivity contribution is 7.21. The monoisotopic (exact) mass is 558 g/mol. The van der Waals surface area contributed by atoms with Gasteiger partial charge in [0.1, 0.15) is 26.4 Å². The molecule has 2 aromatic heterocycles. The topological polar surface area (TPSA) is 71.1 Å². The Bertz CT molecular complexity index is 1460. The molecule has 2 aliphatic heterocycles. The first-order valence-corrected chi connectivity index (χ1v) is 14.2. The SMILES string of the molecule is CC(C)C(=O)c1cc2cc3c(cc2s1)OCCO3.CC(C)C(=O)c1sc2cc3c(cc2c1Cl)OCCO3. The van der Waals surface area contributed by atoms with Crippen molar-refractivity contribution < 1.29 is 28.5 Å². The van der Waals surface area contributed by atoms with E-state index in [1.54, 1.807) is 0 Å². The minimum Gasteiger partial charge on any atom is -0.486 e. The van der Waals surface area contributed by atoms with Crippen LogP contribution >= 0.6 is 34.3 Å². The van der Waals surface area contributed by atoms with Crippen molar-refractivity contribution in [2.45, 2.75) is 27.7 Å². The molecule has 0 fully saturated rings. The molecule has 37 heavy (non-hydrogen) atoms. The van der Waals surface area contributed by atoms with Crippen LogP contribution in [0, 0.1) is 11.8 Å². The highest BCUT2D eigenvalue weighted by Gasteiger charge is 2.22. The van der Waals surface area contributed by atoms with Crippen molar-refractivity contribution in [3.8, 4) is 23.0 Å². The molecule has 9 heteroatoms. The van der Waals surface area contributed by atoms with E-state index in [9.17, 15) is 9.59 Å². The molecule has 2 aromatic carbocycles. The highest BCUT2D eigenvalue weighted by Crippen LogP contribution is 2.43. The number of carbonyl (C=O) groups excluding carboxylic acids is 2. The lowest BCUT2D eigenvalue weighted by Gasteiger charge is -2.18. The van der Waals surface area contributed by atoms with Crippen LogP contribution in [0.3, 0.4) is 0 Å². The van der Waals surface area contributed by atoms with Gasteiger partial charge in [0.2, 0.25) is 0 Å². The number of carbonyl (C=O) groups is 2. The smallest absolute Gasteiger partial charge is 0.176 e. The fraction of sp³-hybridized carbons (Fsp3) is 0.357. The fourth-order valence-corrected chi connectivity index (χ4v) is 6.78. The van der Waals surface area contributed by atoms with E-state index < -0.39 is 0 Å². The molecule has 0 unspecified atom stereocenters. The lowest BCUT2D eigenvalue weighted by atomic mass is 10.1. The van der Waals surface area contributed by atoms with E-state index in [-0.39, 0.29) is 23.4 Å². The van der Waals surface area contributed by atoms with Crippen LogP contribution in [-0.4, -0.2) is 38.0 Å². The van der Waals surface area contributed by atoms with Gasteiger partial charge >= 0.3 is 0 Å². The zero-order valence-electron chi connectivity index (χ0n) is 21.0. The van der Waals surface area contributed by atoms with Crippen molar-refractivity contribution in [2.24, 2.45) is 11.8 Å². The lowest BCUT2D eigenvalue weighted by molar-refractivity contribution is 0.0936. The standard InChI is InChI=1S/C14H13ClO3S.C14H14O3S/c1-7(2)13(16)14-12(15)8-5-9-10(6-11(8)19-14)18-4-3-17-9;1-8(2)14(15)13-6-9-5-10-11(7-12(9)18-13)17-4-3-16-10/h5-7H,3-4H2,1-2H3;5-8H,3-4H2,1-2H3. The Balaban J connectivity index is 0.000000152. The number of halogens is 1. The largest absolute Gasteiger partial charge is 0.486 e. The van der Waals surface area contributed by atoms with Crippen LogP contribution in [0.25, 0.3) is 20.2 Å². The van der Waals surface area contributed by atoms with Crippen molar-refractivity contribution in [2.75, 3.05) is 26.4 Å². The number of ether oxygens (including phenoxy) is 4. The second kappa shape index (κ2) is 10.5. The number of fused-ring (bicyclic) bond motifs is 4. The van der Waals surface area contributed by atoms with E-state index in [1.165, 1.54) is 22.7 Å². The van der Waals surface area contributed by atoms with Crippen molar-refractivity contribution in [1.29, 1.82) is 0 Å². The minimum atomic E-state index is -0.0623. The molecule has 4 aromatic rings. The molecule has 4 heterocycles. The summed E-state index contributed by atoms with van der Waals surface area (Å²) in [5.41, 5.74) is 0. The molecule has 0 amide bonds. The molecule has 6 rings (SSSR count). The number of ketones is 2. The summed E-state index contributed by atoms with van der Waals surface area (Å²) < 4.78 is 24.2. The number of thiophene rings is 2. The quantitative estimate of drug-likeness (QED) is 0.239. The second-order valence-electron chi connectivity index (χ2n) is 9.42. The predicted octanol–water partition coefficient (Wildman–Crippen LogP) is 7.68. The summed E-state index contributed by atoms with van der Waals surface area (Å²) in [6, 6.07) is 9.63. The van der Waals surface area contributed by atoms with Gasteiger partial charge in [-0.25, -0.2) is 0 Å². The van der Waals surface area contributed by atoms with Crippen LogP contribution in [0.1, 0.15) is 47.0 Å². The summed E-state index contributed by atoms with van der Waals surface area (Å²) in [6.07, 6.45) is 0. The minimum absolute atomic E-state index is 0.0280. The van der Waals surface area contributed by atoms with Crippen LogP contribution in [0.2, 0.25) is 5.02 Å². The fourth-order valence-electron chi connectivity index (χ4n) is 4.01. The maximum absolute atomic E-state index is 12.1. The Kier molecular flexibility index (Phi) is 7.34. The van der Waals surface area contributed by atoms with Gasteiger partial charge in [0.25, 0.3) is 0 Å². The molecule has 194 valence electrons. The van der Waals surface area contributed by atoms with Gasteiger partial charge in [-0.2, -0.15) is 0 Å². The van der Waals surface area contributed by atoms with E-state index in [2.05, 4.69) is 0 Å². The molecule has 0 bridgehead atoms. The second-order valence-corrected chi connectivity index (χ2v) is 11.9. The number of hydrogen-bond acceptors (Lipinski definition) is 8. The Hall–Kier alpha value is -2.81. The van der Waals surface area contributed by atoms with Crippen LogP contribution < -0.4 is 18.9 Å². The van der Waals surface area contributed by atoms with Gasteiger partial charge in [-0.1, -0.05) is 39.3 Å². The first-order valence-electron chi connectivity index (χ1n) is 12.2. The van der Waals surface area contributed by atoms with Crippen molar-refractivity contribution in [3.05, 3.63) is 45.1 Å². The first kappa shape index (κ1) is 25.8. The molecule has 0 saturated carbocycles. The third kappa shape index (κ3) is 5.15. The molecule has 6 nitrogen and oxygen atoms in total. The van der Waals surface area contributed by atoms with Gasteiger partial charge in [-0.15, -0.1) is 22.7 Å². The number of hydrogen-bond donors (Lipinski definition) is 0. The molecule has 2 aliphatic rings. The number of benzene rings is 2. The van der Waals surface area contributed by atoms with Gasteiger partial charge in [0, 0.05) is 38.8 Å². The van der Waals surface area contributed by atoms with Gasteiger partial charge in [-0.3, -0.25) is 9.59 Å². The predicted molar refractivity (Wildman–Crippen MR) is 149 cm³/mol. The van der Waals surface area contributed by atoms with Gasteiger partial charge < -0.3 is 18.9 Å². The highest BCUT2D eigenvalue weighted by atomic mass is 35.5. The molecular formula is C28H27ClO6S2. The molecule has 0 spiro atoms. The van der Waals surface area contributed by atoms with E-state index in [0.717, 1.165) is 42.3 Å². The summed E-state index contributed by atoms with van der Waals surface area (Å²) in [7, 11) is 0. The van der Waals surface area contributed by atoms with Crippen LogP contribution in [0.15, 0.2) is 30.3 Å². The first-order chi connectivity index (χ1) is 17.7. The number of Topliss-reactive ketones (excluding diaryl/α,β-unsaturated/α-hetero) is 2. The molecule has 0 atom stereocenters. The van der Waals surface area contributed by atoms with Crippen LogP contribution in [-0.2, 0) is 0 Å². The van der Waals surface area contributed by atoms with E-state index in [1.807, 2.05) is 58.0 Å². The summed E-state index contributed by atoms with van der Waals surface area (Å²) in [5.74, 6) is 3.20. The number of rotatable bonds is 4. The molecule has 0 aliphatic carbocycles. The Morgan fingerprint density at radius 3 is 1.78 bits per heavy atom. The van der Waals surface area contributed by atoms with Gasteiger partial charge in [-0.05, 0) is 23.6 Å². The maximum Gasteiger partial charge on any atom is 0.176 e. The summed E-state index contributed by atoms with van der Waals surface area (Å²) >= 11 is 9.27. The third-order valence-corrected chi connectivity index (χ3v) is 8.77. The zero-order valence-corrected chi connectivity index (χ0v) is 23.4. The van der Waals surface area contributed by atoms with Crippen LogP contribution in [0.4, 0.5) is 0 Å². The summed E-state index contributed by atoms with van der Waals surface area (Å²) in [6.45, 7) is 9.85. The van der Waals surface area contributed by atoms with Crippen LogP contribution in [0.5, 0.6) is 23.0 Å². The molecule has 0 radical (unpaired) electrons. The third-order valence-electron chi connectivity index (χ3n) is 5.99. The lowest BCUT2D eigenvalue weighted by Crippen LogP contribution is -2.14. The average molecular weight is 559 g/mol. The molecule has 0 N–H and O–H groups in total. The van der Waals surface area contributed by atoms with Crippen molar-refractivity contribution in [3.63, 3.8) is 0 Å². The maximum atomic E-state index is 12.1. The normalized spacial score (nSPS) is 14.1.